The number of hydrogen-bond donors (Lipinski definition) is 2. The summed E-state index contributed by atoms with van der Waals surface area (Å²) in [4.78, 5) is 25.6. The van der Waals surface area contributed by atoms with E-state index in [1.165, 1.54) is 6.42 Å². The molecule has 0 bridgehead atoms. The van der Waals surface area contributed by atoms with Crippen LogP contribution >= 0.6 is 0 Å². The van der Waals surface area contributed by atoms with Crippen molar-refractivity contribution in [3.8, 4) is 0 Å². The highest BCUT2D eigenvalue weighted by Crippen LogP contribution is 2.24. The predicted octanol–water partition coefficient (Wildman–Crippen LogP) is 1.97. The van der Waals surface area contributed by atoms with Gasteiger partial charge in [0, 0.05) is 0 Å². The van der Waals surface area contributed by atoms with E-state index < -0.39 is 29.1 Å². The van der Waals surface area contributed by atoms with E-state index in [1.54, 1.807) is 20.8 Å². The van der Waals surface area contributed by atoms with E-state index in [1.807, 2.05) is 6.92 Å². The molecule has 0 amide bonds. The Morgan fingerprint density at radius 3 is 2.18 bits per heavy atom. The van der Waals surface area contributed by atoms with Gasteiger partial charge in [-0.05, 0) is 66.5 Å². The fourth-order valence-corrected chi connectivity index (χ4v) is 2.71. The van der Waals surface area contributed by atoms with Crippen molar-refractivity contribution < 1.29 is 19.4 Å². The molecule has 0 spiro atoms. The van der Waals surface area contributed by atoms with E-state index in [-0.39, 0.29) is 6.42 Å². The molecule has 1 heterocycles. The van der Waals surface area contributed by atoms with Gasteiger partial charge < -0.3 is 15.6 Å². The molecule has 0 aromatic rings. The first-order valence-electron chi connectivity index (χ1n) is 8.02. The fraction of sp³-hybridized carbons (Fsp3) is 0.875. The first kappa shape index (κ1) is 18.9. The molecular weight excluding hydrogens is 284 g/mol. The van der Waals surface area contributed by atoms with Crippen LogP contribution in [-0.4, -0.2) is 46.3 Å². The molecule has 22 heavy (non-hydrogen) atoms. The number of rotatable bonds is 6. The maximum Gasteiger partial charge on any atom is 0.320 e. The van der Waals surface area contributed by atoms with E-state index in [0.717, 1.165) is 25.9 Å². The molecule has 0 saturated carbocycles. The van der Waals surface area contributed by atoms with Crippen molar-refractivity contribution in [3.05, 3.63) is 0 Å². The lowest BCUT2D eigenvalue weighted by molar-refractivity contribution is -0.167. The maximum absolute atomic E-state index is 12.0. The Balaban J connectivity index is 2.63. The number of carboxylic acid groups (broad SMARTS) is 1. The number of aliphatic carboxylic acids is 1. The number of carbonyl (C=O) groups is 2. The SMILES string of the molecule is CC(C)(C)OC(=O)C(CCC(C)(N)N1CCCCC1)C(=O)O. The molecule has 2 unspecified atom stereocenters. The number of nitrogens with zero attached hydrogens (tertiary/aromatic N) is 1. The molecule has 1 saturated heterocycles. The number of ether oxygens (including phenoxy) is 1. The van der Waals surface area contributed by atoms with Gasteiger partial charge in [-0.15, -0.1) is 0 Å². The van der Waals surface area contributed by atoms with Gasteiger partial charge in [0.15, 0.2) is 5.92 Å². The van der Waals surface area contributed by atoms with Gasteiger partial charge in [-0.1, -0.05) is 6.42 Å². The normalized spacial score (nSPS) is 21.0. The van der Waals surface area contributed by atoms with Crippen LogP contribution in [0.15, 0.2) is 0 Å². The van der Waals surface area contributed by atoms with Crippen molar-refractivity contribution in [2.45, 2.75) is 71.1 Å². The highest BCUT2D eigenvalue weighted by Gasteiger charge is 2.35. The molecule has 2 atom stereocenters. The number of nitrogens with two attached hydrogens (primary N) is 1. The summed E-state index contributed by atoms with van der Waals surface area (Å²) in [6, 6.07) is 0. The van der Waals surface area contributed by atoms with Crippen molar-refractivity contribution in [2.24, 2.45) is 11.7 Å². The van der Waals surface area contributed by atoms with Gasteiger partial charge in [0.05, 0.1) is 5.66 Å². The van der Waals surface area contributed by atoms with Crippen LogP contribution < -0.4 is 5.73 Å². The zero-order valence-corrected chi connectivity index (χ0v) is 14.2. The summed E-state index contributed by atoms with van der Waals surface area (Å²) >= 11 is 0. The number of carbonyl (C=O) groups excluding carboxylic acids is 1. The lowest BCUT2D eigenvalue weighted by atomic mass is 9.94. The van der Waals surface area contributed by atoms with Crippen molar-refractivity contribution in [1.82, 2.24) is 4.90 Å². The molecule has 1 rings (SSSR count). The summed E-state index contributed by atoms with van der Waals surface area (Å²) in [5.41, 5.74) is 5.07. The molecule has 0 aromatic heterocycles. The Hall–Kier alpha value is -1.14. The van der Waals surface area contributed by atoms with Gasteiger partial charge in [-0.2, -0.15) is 0 Å². The van der Waals surface area contributed by atoms with Crippen LogP contribution in [-0.2, 0) is 14.3 Å². The summed E-state index contributed by atoms with van der Waals surface area (Å²) in [5, 5.41) is 9.29. The van der Waals surface area contributed by atoms with Crippen molar-refractivity contribution in [3.63, 3.8) is 0 Å². The molecule has 0 aliphatic carbocycles. The van der Waals surface area contributed by atoms with Gasteiger partial charge in [-0.25, -0.2) is 0 Å². The fourth-order valence-electron chi connectivity index (χ4n) is 2.71. The zero-order chi connectivity index (χ0) is 17.0. The van der Waals surface area contributed by atoms with E-state index >= 15 is 0 Å². The molecule has 6 heteroatoms. The van der Waals surface area contributed by atoms with Gasteiger partial charge in [0.1, 0.15) is 5.60 Å². The second-order valence-electron chi connectivity index (χ2n) is 7.37. The van der Waals surface area contributed by atoms with Gasteiger partial charge in [0.25, 0.3) is 0 Å². The second kappa shape index (κ2) is 7.42. The van der Waals surface area contributed by atoms with Crippen molar-refractivity contribution in [2.75, 3.05) is 13.1 Å². The van der Waals surface area contributed by atoms with Crippen molar-refractivity contribution in [1.29, 1.82) is 0 Å². The minimum absolute atomic E-state index is 0.188. The monoisotopic (exact) mass is 314 g/mol. The molecule has 1 fully saturated rings. The summed E-state index contributed by atoms with van der Waals surface area (Å²) in [5.74, 6) is -3.00. The number of esters is 1. The van der Waals surface area contributed by atoms with Crippen molar-refractivity contribution >= 4 is 11.9 Å². The van der Waals surface area contributed by atoms with Crippen LogP contribution in [0.1, 0.15) is 59.8 Å². The van der Waals surface area contributed by atoms with Crippen LogP contribution in [0.5, 0.6) is 0 Å². The number of likely N-dealkylation sites (tertiary alicyclic amines) is 1. The van der Waals surface area contributed by atoms with Crippen LogP contribution in [0.2, 0.25) is 0 Å². The average Bonchev–Trinajstić information content (AvgIpc) is 2.37. The first-order valence-corrected chi connectivity index (χ1v) is 8.02. The molecule has 0 radical (unpaired) electrons. The van der Waals surface area contributed by atoms with Crippen LogP contribution in [0.3, 0.4) is 0 Å². The Kier molecular flexibility index (Phi) is 6.38. The summed E-state index contributed by atoms with van der Waals surface area (Å²) < 4.78 is 5.20. The highest BCUT2D eigenvalue weighted by atomic mass is 16.6. The third-order valence-corrected chi connectivity index (χ3v) is 4.01. The van der Waals surface area contributed by atoms with E-state index in [9.17, 15) is 14.7 Å². The van der Waals surface area contributed by atoms with Gasteiger partial charge in [-0.3, -0.25) is 14.5 Å². The topological polar surface area (TPSA) is 92.9 Å². The molecule has 1 aliphatic rings. The highest BCUT2D eigenvalue weighted by molar-refractivity contribution is 5.94. The summed E-state index contributed by atoms with van der Waals surface area (Å²) in [7, 11) is 0. The molecule has 1 aliphatic heterocycles. The Bertz CT molecular complexity index is 395. The largest absolute Gasteiger partial charge is 0.481 e. The minimum Gasteiger partial charge on any atom is -0.481 e. The standard InChI is InChI=1S/C16H30N2O4/c1-15(2,3)22-14(21)12(13(19)20)8-9-16(4,17)18-10-6-5-7-11-18/h12H,5-11,17H2,1-4H3,(H,19,20). The summed E-state index contributed by atoms with van der Waals surface area (Å²) in [6.07, 6.45) is 4.07. The van der Waals surface area contributed by atoms with Gasteiger partial charge in [0.2, 0.25) is 0 Å². The zero-order valence-electron chi connectivity index (χ0n) is 14.2. The maximum atomic E-state index is 12.0. The Morgan fingerprint density at radius 2 is 1.73 bits per heavy atom. The number of hydrogen-bond acceptors (Lipinski definition) is 5. The van der Waals surface area contributed by atoms with E-state index in [4.69, 9.17) is 10.5 Å². The Labute approximate surface area is 133 Å². The van der Waals surface area contributed by atoms with Crippen LogP contribution in [0.25, 0.3) is 0 Å². The predicted molar refractivity (Wildman–Crippen MR) is 84.2 cm³/mol. The van der Waals surface area contributed by atoms with Crippen LogP contribution in [0, 0.1) is 5.92 Å². The molecule has 0 aromatic carbocycles. The lowest BCUT2D eigenvalue weighted by Crippen LogP contribution is -2.55. The Morgan fingerprint density at radius 1 is 1.18 bits per heavy atom. The van der Waals surface area contributed by atoms with E-state index in [2.05, 4.69) is 4.90 Å². The van der Waals surface area contributed by atoms with Gasteiger partial charge >= 0.3 is 11.9 Å². The molecule has 6 nitrogen and oxygen atoms in total. The smallest absolute Gasteiger partial charge is 0.320 e. The molecule has 128 valence electrons. The second-order valence-corrected chi connectivity index (χ2v) is 7.37. The van der Waals surface area contributed by atoms with Crippen LogP contribution in [0.4, 0.5) is 0 Å². The average molecular weight is 314 g/mol. The lowest BCUT2D eigenvalue weighted by Gasteiger charge is -2.41. The van der Waals surface area contributed by atoms with E-state index in [0.29, 0.717) is 6.42 Å². The number of carboxylic acids is 1. The quantitative estimate of drug-likeness (QED) is 0.575. The molecular formula is C16H30N2O4. The number of piperidine rings is 1. The summed E-state index contributed by atoms with van der Waals surface area (Å²) in [6.45, 7) is 8.94. The molecule has 3 N–H and O–H groups in total. The third kappa shape index (κ3) is 5.93. The third-order valence-electron chi connectivity index (χ3n) is 4.01. The minimum atomic E-state index is -1.16. The first-order chi connectivity index (χ1) is 10.0.